The van der Waals surface area contributed by atoms with Crippen molar-refractivity contribution < 1.29 is 9.90 Å². The second-order valence-electron chi connectivity index (χ2n) is 6.97. The van der Waals surface area contributed by atoms with E-state index in [0.717, 1.165) is 0 Å². The van der Waals surface area contributed by atoms with Crippen molar-refractivity contribution in [3.63, 3.8) is 0 Å². The van der Waals surface area contributed by atoms with Crippen LogP contribution in [0.3, 0.4) is 0 Å². The molecule has 0 saturated heterocycles. The van der Waals surface area contributed by atoms with E-state index in [1.165, 1.54) is 0 Å². The van der Waals surface area contributed by atoms with Crippen LogP contribution >= 0.6 is 11.5 Å². The highest BCUT2D eigenvalue weighted by molar-refractivity contribution is 7.20. The number of fused-ring (bicyclic) bond motifs is 3. The lowest BCUT2D eigenvalue weighted by Crippen LogP contribution is -2.72. The van der Waals surface area contributed by atoms with Crippen molar-refractivity contribution in [3.05, 3.63) is 5.56 Å². The molecule has 1 heterocycles. The van der Waals surface area contributed by atoms with Crippen LogP contribution in [0.1, 0.15) is 12.0 Å². The first kappa shape index (κ1) is 19.4. The average Bonchev–Trinajstić information content (AvgIpc) is 2.68. The molecule has 13 heteroatoms. The van der Waals surface area contributed by atoms with Crippen LogP contribution in [0.5, 0.6) is 0 Å². The maximum Gasteiger partial charge on any atom is 0.283 e. The second-order valence-corrected chi connectivity index (χ2v) is 7.40. The Balaban J connectivity index is 2.46. The molecule has 1 aromatic carbocycles. The summed E-state index contributed by atoms with van der Waals surface area (Å²) in [4.78, 5) is 13.1. The summed E-state index contributed by atoms with van der Waals surface area (Å²) >= 11 is 6.51. The van der Waals surface area contributed by atoms with Gasteiger partial charge in [0.05, 0.1) is 34.6 Å². The number of hydrogen-bond acceptors (Lipinski definition) is 3. The van der Waals surface area contributed by atoms with E-state index in [4.69, 9.17) is 80.0 Å². The maximum absolute atomic E-state index is 13.1. The van der Waals surface area contributed by atoms with Gasteiger partial charge in [-0.1, -0.05) is 22.6 Å². The van der Waals surface area contributed by atoms with Gasteiger partial charge in [0.25, 0.3) is 6.13 Å². The largest absolute Gasteiger partial charge is 0.393 e. The van der Waals surface area contributed by atoms with E-state index in [9.17, 15) is 9.90 Å². The van der Waals surface area contributed by atoms with Gasteiger partial charge < -0.3 is 10.8 Å². The predicted octanol–water partition coefficient (Wildman–Crippen LogP) is -6.38. The summed E-state index contributed by atoms with van der Waals surface area (Å²) in [7, 11) is 47.6. The Morgan fingerprint density at radius 3 is 2.00 bits per heavy atom. The number of Topliss-reactive ketones (excluding diaryl/α,β-unsaturated/α-hetero) is 1. The van der Waals surface area contributed by atoms with E-state index in [1.807, 2.05) is 0 Å². The van der Waals surface area contributed by atoms with Crippen LogP contribution in [0.2, 0.25) is 10.4 Å². The Morgan fingerprint density at radius 2 is 1.48 bits per heavy atom. The Hall–Kier alpha value is -0.316. The van der Waals surface area contributed by atoms with Crippen LogP contribution in [-0.4, -0.2) is 85.3 Å². The van der Waals surface area contributed by atoms with Gasteiger partial charge in [0.1, 0.15) is 39.2 Å². The monoisotopic (exact) mass is 329 g/mol. The van der Waals surface area contributed by atoms with E-state index < -0.39 is 39.8 Å². The zero-order chi connectivity index (χ0) is 19.3. The fourth-order valence-corrected chi connectivity index (χ4v) is 4.39. The smallest absolute Gasteiger partial charge is 0.283 e. The quantitative estimate of drug-likeness (QED) is 0.466. The summed E-state index contributed by atoms with van der Waals surface area (Å²) in [5.41, 5.74) is 1.46. The fourth-order valence-electron chi connectivity index (χ4n) is 3.91. The van der Waals surface area contributed by atoms with Crippen LogP contribution in [0.4, 0.5) is 0 Å². The number of carbonyl (C=O) groups excluding carboxylic acids is 1. The number of ketones is 1. The third-order valence-electron chi connectivity index (χ3n) is 5.53. The number of nitrogens with two attached hydrogens (primary N) is 1. The molecule has 1 aromatic rings. The first-order valence-electron chi connectivity index (χ1n) is 7.28. The number of hydrogen-bond donors (Lipinski definition) is 2. The maximum atomic E-state index is 13.1. The predicted molar refractivity (Wildman–Crippen MR) is 108 cm³/mol. The summed E-state index contributed by atoms with van der Waals surface area (Å²) in [6.45, 7) is 0. The topological polar surface area (TPSA) is 63.3 Å². The van der Waals surface area contributed by atoms with Crippen LogP contribution < -0.4 is 33.0 Å². The van der Waals surface area contributed by atoms with Gasteiger partial charge in [0.2, 0.25) is 0 Å². The molecule has 1 fully saturated rings. The van der Waals surface area contributed by atoms with Crippen molar-refractivity contribution in [1.29, 1.82) is 0 Å². The first-order chi connectivity index (χ1) is 11.2. The van der Waals surface area contributed by atoms with E-state index in [2.05, 4.69) is 0 Å². The minimum absolute atomic E-state index is 0.0150. The molecule has 1 saturated carbocycles. The number of carbonyl (C=O) groups is 1. The number of benzene rings is 1. The Kier molecular flexibility index (Phi) is 4.00. The van der Waals surface area contributed by atoms with Gasteiger partial charge in [-0.25, -0.2) is 0 Å². The molecule has 0 spiro atoms. The van der Waals surface area contributed by atoms with Gasteiger partial charge in [-0.05, 0) is 10.8 Å². The lowest BCUT2D eigenvalue weighted by Gasteiger charge is -2.59. The van der Waals surface area contributed by atoms with Crippen molar-refractivity contribution in [2.24, 2.45) is 5.73 Å². The van der Waals surface area contributed by atoms with E-state index in [1.54, 1.807) is 0 Å². The van der Waals surface area contributed by atoms with Gasteiger partial charge in [0, 0.05) is 0 Å². The molecule has 3 nitrogen and oxygen atoms in total. The Labute approximate surface area is 162 Å². The summed E-state index contributed by atoms with van der Waals surface area (Å²) in [6.07, 6.45) is -1.54. The molecular weight excluding hydrogens is 323 g/mol. The van der Waals surface area contributed by atoms with Gasteiger partial charge in [0.15, 0.2) is 5.78 Å². The molecule has 3 N–H and O–H groups in total. The second kappa shape index (κ2) is 5.14. The summed E-state index contributed by atoms with van der Waals surface area (Å²) < 4.78 is 0. The third-order valence-corrected chi connectivity index (χ3v) is 6.14. The highest BCUT2D eigenvalue weighted by atomic mass is 35.5. The van der Waals surface area contributed by atoms with Gasteiger partial charge >= 0.3 is 0 Å². The minimum atomic E-state index is -2.69. The summed E-state index contributed by atoms with van der Waals surface area (Å²) in [5, 5.41) is 6.62. The van der Waals surface area contributed by atoms with E-state index >= 15 is 0 Å². The number of aliphatic hydroxyl groups is 1. The van der Waals surface area contributed by atoms with Crippen molar-refractivity contribution in [2.45, 2.75) is 27.9 Å². The highest BCUT2D eigenvalue weighted by Crippen LogP contribution is 2.63. The summed E-state index contributed by atoms with van der Waals surface area (Å²) in [6, 6.07) is 0. The standard InChI is InChI=1S/C12H5B9ClNO2/c13-3-2-7(6(16)5(15)4(3)14)21(22)10(19)1-9(17,18)12(20,25)8(24)11(2,10)23/h25H,1,23H2. The molecule has 3 rings (SSSR count). The zero-order valence-electron chi connectivity index (χ0n) is 13.2. The minimum Gasteiger partial charge on any atom is -0.393 e. The molecule has 2 aliphatic rings. The SMILES string of the molecule is [B]c1c([B])c([B])c2c(c1[B])B(Cl)C1([B])CC([B])([B])C([B])(O)C(=O)C21N. The van der Waals surface area contributed by atoms with Crippen molar-refractivity contribution in [1.82, 2.24) is 0 Å². The average molecular weight is 328 g/mol. The van der Waals surface area contributed by atoms with Crippen molar-refractivity contribution in [3.8, 4) is 0 Å². The number of halogens is 1. The fraction of sp³-hybridized carbons (Fsp3) is 0.417. The van der Waals surface area contributed by atoms with Crippen LogP contribution in [0.15, 0.2) is 0 Å². The normalized spacial score (nSPS) is 36.1. The highest BCUT2D eigenvalue weighted by Gasteiger charge is 2.71. The van der Waals surface area contributed by atoms with Gasteiger partial charge in [-0.3, -0.25) is 4.79 Å². The molecule has 3 unspecified atom stereocenters. The van der Waals surface area contributed by atoms with Crippen LogP contribution in [-0.2, 0) is 10.3 Å². The lowest BCUT2D eigenvalue weighted by atomic mass is 9.23. The zero-order valence-corrected chi connectivity index (χ0v) is 14.0. The Morgan fingerprint density at radius 1 is 1.00 bits per heavy atom. The third kappa shape index (κ3) is 1.94. The molecule has 1 aliphatic heterocycles. The molecule has 1 aliphatic carbocycles. The Bertz CT molecular complexity index is 832. The summed E-state index contributed by atoms with van der Waals surface area (Å²) in [5.74, 6) is -1.14. The first-order valence-corrected chi connectivity index (χ1v) is 7.71. The molecular formula is C12H5B9ClNO2. The van der Waals surface area contributed by atoms with E-state index in [0.29, 0.717) is 0 Å². The molecule has 0 amide bonds. The molecule has 0 aromatic heterocycles. The van der Waals surface area contributed by atoms with Gasteiger partial charge in [-0.15, -0.1) is 16.4 Å². The van der Waals surface area contributed by atoms with Crippen LogP contribution in [0, 0.1) is 0 Å². The molecule has 0 bridgehead atoms. The molecule has 3 atom stereocenters. The van der Waals surface area contributed by atoms with Gasteiger partial charge in [-0.2, -0.15) is 11.5 Å². The van der Waals surface area contributed by atoms with Crippen molar-refractivity contribution >= 4 is 113 Å². The van der Waals surface area contributed by atoms with Crippen molar-refractivity contribution in [2.75, 3.05) is 0 Å². The van der Waals surface area contributed by atoms with Crippen LogP contribution in [0.25, 0.3) is 0 Å². The molecule has 16 radical (unpaired) electrons. The number of rotatable bonds is 0. The molecule has 25 heavy (non-hydrogen) atoms. The lowest BCUT2D eigenvalue weighted by molar-refractivity contribution is -0.141. The molecule has 104 valence electrons. The van der Waals surface area contributed by atoms with E-state index in [-0.39, 0.29) is 32.9 Å².